The van der Waals surface area contributed by atoms with Gasteiger partial charge >= 0.3 is 0 Å². The van der Waals surface area contributed by atoms with Crippen LogP contribution >= 0.6 is 11.8 Å². The van der Waals surface area contributed by atoms with Gasteiger partial charge in [0.1, 0.15) is 15.7 Å². The molecule has 3 nitrogen and oxygen atoms in total. The Labute approximate surface area is 188 Å². The van der Waals surface area contributed by atoms with Crippen molar-refractivity contribution >= 4 is 16.8 Å². The summed E-state index contributed by atoms with van der Waals surface area (Å²) in [6.07, 6.45) is 6.55. The first-order valence-corrected chi connectivity index (χ1v) is 12.2. The third-order valence-corrected chi connectivity index (χ3v) is 8.29. The Bertz CT molecular complexity index is 1030. The number of hydrogen-bond donors (Lipinski definition) is 1. The number of fused-ring (bicyclic) bond motifs is 2. The largest absolute Gasteiger partial charge is 0.316 e. The zero-order valence-corrected chi connectivity index (χ0v) is 19.0. The zero-order chi connectivity index (χ0) is 21.4. The van der Waals surface area contributed by atoms with Gasteiger partial charge in [0, 0.05) is 11.3 Å². The summed E-state index contributed by atoms with van der Waals surface area (Å²) in [5.74, 6) is 0.490. The summed E-state index contributed by atoms with van der Waals surface area (Å²) in [5, 5.41) is 11.4. The summed E-state index contributed by atoms with van der Waals surface area (Å²) in [7, 11) is 0. The predicted molar refractivity (Wildman–Crippen MR) is 128 cm³/mol. The maximum atomic E-state index is 14.8. The monoisotopic (exact) mass is 435 g/mol. The minimum absolute atomic E-state index is 0.209. The number of rotatable bonds is 5. The molecule has 1 N–H and O–H groups in total. The number of allylic oxidation sites excluding steroid dienone is 1. The molecule has 1 saturated heterocycles. The maximum Gasteiger partial charge on any atom is 0.140 e. The van der Waals surface area contributed by atoms with Crippen LogP contribution in [0.1, 0.15) is 54.4 Å². The molecule has 5 rings (SSSR count). The molecule has 2 aliphatic heterocycles. The first-order valence-electron chi connectivity index (χ1n) is 11.4. The standard InChI is InChI=1S/C26H30FN3S/c1-18-9-12-24(27)22(16-18)25-29-30(19(2)10-11-20-6-5-15-28-17-20)26(31-25)14-13-21-7-3-4-8-23(21)26/h3-4,7-9,12,16,20,28H,2,5-6,10-11,13-15,17H2,1H3. The van der Waals surface area contributed by atoms with E-state index in [0.717, 1.165) is 55.1 Å². The second-order valence-corrected chi connectivity index (χ2v) is 10.3. The van der Waals surface area contributed by atoms with Crippen molar-refractivity contribution in [3.8, 4) is 0 Å². The average Bonchev–Trinajstić information content (AvgIpc) is 3.37. The van der Waals surface area contributed by atoms with E-state index in [1.54, 1.807) is 17.8 Å². The van der Waals surface area contributed by atoms with E-state index in [1.807, 2.05) is 19.1 Å². The third-order valence-electron chi connectivity index (χ3n) is 6.86. The van der Waals surface area contributed by atoms with Crippen LogP contribution in [0.5, 0.6) is 0 Å². The molecule has 3 aliphatic rings. The van der Waals surface area contributed by atoms with Crippen LogP contribution < -0.4 is 5.32 Å². The lowest BCUT2D eigenvalue weighted by molar-refractivity contribution is 0.225. The Morgan fingerprint density at radius 2 is 2.19 bits per heavy atom. The lowest BCUT2D eigenvalue weighted by Gasteiger charge is -2.35. The second-order valence-electron chi connectivity index (χ2n) is 9.06. The average molecular weight is 436 g/mol. The van der Waals surface area contributed by atoms with Gasteiger partial charge in [0.15, 0.2) is 0 Å². The molecule has 1 spiro atoms. The molecule has 162 valence electrons. The lowest BCUT2D eigenvalue weighted by Crippen LogP contribution is -2.35. The molecule has 2 atom stereocenters. The number of nitrogens with zero attached hydrogens (tertiary/aromatic N) is 2. The Morgan fingerprint density at radius 1 is 1.32 bits per heavy atom. The summed E-state index contributed by atoms with van der Waals surface area (Å²) in [4.78, 5) is -0.315. The van der Waals surface area contributed by atoms with Gasteiger partial charge in [-0.2, -0.15) is 5.10 Å². The van der Waals surface area contributed by atoms with Crippen LogP contribution in [0.2, 0.25) is 0 Å². The Balaban J connectivity index is 1.47. The summed E-state index contributed by atoms with van der Waals surface area (Å²) >= 11 is 1.70. The van der Waals surface area contributed by atoms with Crippen molar-refractivity contribution in [1.82, 2.24) is 10.3 Å². The Hall–Kier alpha value is -2.11. The molecular formula is C26H30FN3S. The van der Waals surface area contributed by atoms with Gasteiger partial charge in [-0.25, -0.2) is 9.40 Å². The number of benzene rings is 2. The van der Waals surface area contributed by atoms with E-state index >= 15 is 0 Å². The molecule has 2 unspecified atom stereocenters. The number of aryl methyl sites for hydroxylation is 2. The van der Waals surface area contributed by atoms with Crippen molar-refractivity contribution in [3.05, 3.63) is 82.8 Å². The Morgan fingerprint density at radius 3 is 3.03 bits per heavy atom. The molecule has 0 bridgehead atoms. The van der Waals surface area contributed by atoms with Crippen molar-refractivity contribution in [2.24, 2.45) is 11.0 Å². The number of hydrogen-bond acceptors (Lipinski definition) is 4. The van der Waals surface area contributed by atoms with E-state index < -0.39 is 0 Å². The molecule has 1 aliphatic carbocycles. The van der Waals surface area contributed by atoms with Crippen LogP contribution in [0.15, 0.2) is 59.8 Å². The van der Waals surface area contributed by atoms with E-state index in [9.17, 15) is 4.39 Å². The third kappa shape index (κ3) is 3.83. The van der Waals surface area contributed by atoms with E-state index in [0.29, 0.717) is 11.5 Å². The van der Waals surface area contributed by atoms with Crippen molar-refractivity contribution < 1.29 is 4.39 Å². The molecule has 0 aromatic heterocycles. The van der Waals surface area contributed by atoms with Crippen molar-refractivity contribution in [2.75, 3.05) is 13.1 Å². The van der Waals surface area contributed by atoms with Crippen LogP contribution in [0.25, 0.3) is 0 Å². The van der Waals surface area contributed by atoms with Crippen LogP contribution in [0, 0.1) is 18.7 Å². The van der Waals surface area contributed by atoms with Gasteiger partial charge < -0.3 is 5.32 Å². The normalized spacial score (nSPS) is 25.0. The molecule has 31 heavy (non-hydrogen) atoms. The number of piperidine rings is 1. The van der Waals surface area contributed by atoms with Gasteiger partial charge in [0.25, 0.3) is 0 Å². The van der Waals surface area contributed by atoms with Crippen molar-refractivity contribution in [3.63, 3.8) is 0 Å². The van der Waals surface area contributed by atoms with E-state index in [-0.39, 0.29) is 10.7 Å². The lowest BCUT2D eigenvalue weighted by atomic mass is 9.94. The highest BCUT2D eigenvalue weighted by atomic mass is 32.2. The van der Waals surface area contributed by atoms with Gasteiger partial charge in [-0.3, -0.25) is 0 Å². The number of nitrogens with one attached hydrogen (secondary N) is 1. The molecule has 0 radical (unpaired) electrons. The Kier molecular flexibility index (Phi) is 5.65. The fourth-order valence-electron chi connectivity index (χ4n) is 5.16. The van der Waals surface area contributed by atoms with Crippen molar-refractivity contribution in [2.45, 2.75) is 50.3 Å². The van der Waals surface area contributed by atoms with Crippen LogP contribution in [0.4, 0.5) is 4.39 Å². The van der Waals surface area contributed by atoms with Gasteiger partial charge in [-0.05, 0) is 87.7 Å². The smallest absolute Gasteiger partial charge is 0.140 e. The van der Waals surface area contributed by atoms with Crippen molar-refractivity contribution in [1.29, 1.82) is 0 Å². The quantitative estimate of drug-likeness (QED) is 0.630. The highest BCUT2D eigenvalue weighted by Crippen LogP contribution is 2.56. The molecule has 5 heteroatoms. The molecule has 0 saturated carbocycles. The summed E-state index contributed by atoms with van der Waals surface area (Å²) in [6, 6.07) is 13.9. The maximum absolute atomic E-state index is 14.8. The molecule has 0 amide bonds. The molecule has 2 aromatic carbocycles. The zero-order valence-electron chi connectivity index (χ0n) is 18.2. The van der Waals surface area contributed by atoms with Gasteiger partial charge in [-0.1, -0.05) is 54.2 Å². The molecule has 1 fully saturated rings. The van der Waals surface area contributed by atoms with Gasteiger partial charge in [-0.15, -0.1) is 0 Å². The first kappa shape index (κ1) is 20.8. The van der Waals surface area contributed by atoms with Gasteiger partial charge in [0.2, 0.25) is 0 Å². The minimum atomic E-state index is -0.315. The summed E-state index contributed by atoms with van der Waals surface area (Å²) in [6.45, 7) is 8.70. The van der Waals surface area contributed by atoms with Gasteiger partial charge in [0.05, 0.1) is 0 Å². The number of halogens is 1. The molecule has 2 aromatic rings. The second kappa shape index (κ2) is 8.44. The summed E-state index contributed by atoms with van der Waals surface area (Å²) < 4.78 is 14.8. The highest BCUT2D eigenvalue weighted by molar-refractivity contribution is 8.15. The fourth-order valence-corrected chi connectivity index (χ4v) is 6.64. The number of hydrazone groups is 1. The number of thioether (sulfide) groups is 1. The first-order chi connectivity index (χ1) is 15.1. The van der Waals surface area contributed by atoms with E-state index in [1.165, 1.54) is 24.0 Å². The van der Waals surface area contributed by atoms with Crippen LogP contribution in [-0.4, -0.2) is 23.1 Å². The fraction of sp³-hybridized carbons (Fsp3) is 0.423. The summed E-state index contributed by atoms with van der Waals surface area (Å²) in [5.41, 5.74) is 5.35. The minimum Gasteiger partial charge on any atom is -0.316 e. The van der Waals surface area contributed by atoms with Crippen LogP contribution in [0.3, 0.4) is 0 Å². The van der Waals surface area contributed by atoms with E-state index in [2.05, 4.69) is 41.2 Å². The topological polar surface area (TPSA) is 27.6 Å². The van der Waals surface area contributed by atoms with Crippen LogP contribution in [-0.2, 0) is 11.3 Å². The predicted octanol–water partition coefficient (Wildman–Crippen LogP) is 5.94. The SMILES string of the molecule is C=C(CCC1CCCNC1)N1N=C(c2cc(C)ccc2F)SC12CCc1ccccc12. The highest BCUT2D eigenvalue weighted by Gasteiger charge is 2.50. The molecular weight excluding hydrogens is 405 g/mol. The van der Waals surface area contributed by atoms with E-state index in [4.69, 9.17) is 5.10 Å². The molecule has 2 heterocycles.